The van der Waals surface area contributed by atoms with Crippen LogP contribution in [0.4, 0.5) is 14.9 Å². The minimum Gasteiger partial charge on any atom is -0.375 e. The Bertz CT molecular complexity index is 496. The zero-order valence-electron chi connectivity index (χ0n) is 8.66. The molecule has 1 aromatic carbocycles. The second-order valence-electron chi connectivity index (χ2n) is 3.07. The van der Waals surface area contributed by atoms with Gasteiger partial charge in [0.2, 0.25) is 5.91 Å². The van der Waals surface area contributed by atoms with Gasteiger partial charge in [-0.3, -0.25) is 10.1 Å². The van der Waals surface area contributed by atoms with Crippen LogP contribution in [0.5, 0.6) is 0 Å². The van der Waals surface area contributed by atoms with E-state index < -0.39 is 17.8 Å². The highest BCUT2D eigenvalue weighted by molar-refractivity contribution is 5.95. The molecule has 1 aromatic rings. The molecule has 0 bridgehead atoms. The summed E-state index contributed by atoms with van der Waals surface area (Å²) in [6.07, 6.45) is 0. The van der Waals surface area contributed by atoms with Crippen molar-refractivity contribution in [1.82, 2.24) is 5.32 Å². The van der Waals surface area contributed by atoms with E-state index in [4.69, 9.17) is 11.0 Å². The summed E-state index contributed by atoms with van der Waals surface area (Å²) in [7, 11) is 0. The lowest BCUT2D eigenvalue weighted by molar-refractivity contribution is -0.118. The molecule has 17 heavy (non-hydrogen) atoms. The van der Waals surface area contributed by atoms with Gasteiger partial charge in [-0.1, -0.05) is 0 Å². The molecular weight excluding hydrogens is 227 g/mol. The summed E-state index contributed by atoms with van der Waals surface area (Å²) in [4.78, 5) is 21.4. The van der Waals surface area contributed by atoms with Gasteiger partial charge in [-0.25, -0.2) is 9.18 Å². The Kier molecular flexibility index (Phi) is 4.00. The van der Waals surface area contributed by atoms with Gasteiger partial charge in [0.1, 0.15) is 11.9 Å². The second-order valence-corrected chi connectivity index (χ2v) is 3.07. The number of primary amides is 1. The van der Waals surface area contributed by atoms with Gasteiger partial charge >= 0.3 is 6.03 Å². The first-order chi connectivity index (χ1) is 8.02. The molecule has 0 spiro atoms. The van der Waals surface area contributed by atoms with Crippen molar-refractivity contribution < 1.29 is 14.0 Å². The number of hydrogen-bond acceptors (Lipinski definition) is 4. The van der Waals surface area contributed by atoms with Crippen LogP contribution < -0.4 is 16.4 Å². The molecule has 0 radical (unpaired) electrons. The lowest BCUT2D eigenvalue weighted by Gasteiger charge is -2.07. The monoisotopic (exact) mass is 236 g/mol. The highest BCUT2D eigenvalue weighted by Gasteiger charge is 2.07. The summed E-state index contributed by atoms with van der Waals surface area (Å²) >= 11 is 0. The average molecular weight is 236 g/mol. The first kappa shape index (κ1) is 12.4. The van der Waals surface area contributed by atoms with E-state index >= 15 is 0 Å². The Hall–Kier alpha value is -2.62. The van der Waals surface area contributed by atoms with Crippen molar-refractivity contribution in [2.75, 3.05) is 11.9 Å². The minimum absolute atomic E-state index is 0.0666. The number of rotatable bonds is 3. The molecule has 4 N–H and O–H groups in total. The first-order valence-electron chi connectivity index (χ1n) is 4.55. The second kappa shape index (κ2) is 5.46. The van der Waals surface area contributed by atoms with Crippen LogP contribution in [-0.2, 0) is 4.79 Å². The van der Waals surface area contributed by atoms with Crippen LogP contribution in [0, 0.1) is 17.1 Å². The van der Waals surface area contributed by atoms with E-state index in [1.54, 1.807) is 6.07 Å². The van der Waals surface area contributed by atoms with Gasteiger partial charge in [0, 0.05) is 0 Å². The van der Waals surface area contributed by atoms with Crippen molar-refractivity contribution in [3.63, 3.8) is 0 Å². The van der Waals surface area contributed by atoms with Crippen molar-refractivity contribution in [3.8, 4) is 6.07 Å². The van der Waals surface area contributed by atoms with Gasteiger partial charge in [-0.15, -0.1) is 0 Å². The van der Waals surface area contributed by atoms with Crippen LogP contribution in [0.2, 0.25) is 0 Å². The molecule has 0 fully saturated rings. The fourth-order valence-electron chi connectivity index (χ4n) is 1.12. The van der Waals surface area contributed by atoms with E-state index in [0.29, 0.717) is 5.69 Å². The largest absolute Gasteiger partial charge is 0.375 e. The van der Waals surface area contributed by atoms with Crippen molar-refractivity contribution in [3.05, 3.63) is 29.6 Å². The minimum atomic E-state index is -0.962. The predicted molar refractivity (Wildman–Crippen MR) is 57.3 cm³/mol. The van der Waals surface area contributed by atoms with Gasteiger partial charge in [0.25, 0.3) is 0 Å². The quantitative estimate of drug-likeness (QED) is 0.701. The van der Waals surface area contributed by atoms with E-state index in [1.165, 1.54) is 6.07 Å². The molecule has 6 nitrogen and oxygen atoms in total. The first-order valence-corrected chi connectivity index (χ1v) is 4.55. The topological polar surface area (TPSA) is 108 Å². The van der Waals surface area contributed by atoms with E-state index in [-0.39, 0.29) is 12.1 Å². The number of nitrogens with zero attached hydrogens (tertiary/aromatic N) is 1. The van der Waals surface area contributed by atoms with E-state index in [0.717, 1.165) is 12.1 Å². The lowest BCUT2D eigenvalue weighted by Crippen LogP contribution is -2.38. The molecule has 0 aromatic heterocycles. The van der Waals surface area contributed by atoms with Crippen LogP contribution in [-0.4, -0.2) is 18.5 Å². The maximum atomic E-state index is 12.8. The van der Waals surface area contributed by atoms with E-state index in [2.05, 4.69) is 5.32 Å². The number of hydrogen-bond donors (Lipinski definition) is 3. The Morgan fingerprint density at radius 2 is 2.18 bits per heavy atom. The van der Waals surface area contributed by atoms with Gasteiger partial charge in [-0.05, 0) is 18.2 Å². The number of carbonyl (C=O) groups excluding carboxylic acids is 2. The standard InChI is InChI=1S/C10H9FN4O2/c11-7-1-2-8(6(3-7)4-12)14-5-9(16)15-10(13)17/h1-3,14H,5H2,(H3,13,15,16,17). The number of halogens is 1. The molecule has 0 unspecified atom stereocenters. The summed E-state index contributed by atoms with van der Waals surface area (Å²) < 4.78 is 12.8. The lowest BCUT2D eigenvalue weighted by atomic mass is 10.2. The molecule has 0 heterocycles. The molecule has 0 aliphatic carbocycles. The predicted octanol–water partition coefficient (Wildman–Crippen LogP) is 0.304. The number of benzene rings is 1. The van der Waals surface area contributed by atoms with Crippen LogP contribution in [0.25, 0.3) is 0 Å². The zero-order valence-corrected chi connectivity index (χ0v) is 8.66. The van der Waals surface area contributed by atoms with Crippen LogP contribution in [0.15, 0.2) is 18.2 Å². The van der Waals surface area contributed by atoms with Gasteiger partial charge < -0.3 is 11.1 Å². The zero-order chi connectivity index (χ0) is 12.8. The number of imide groups is 1. The summed E-state index contributed by atoms with van der Waals surface area (Å²) in [5.74, 6) is -1.19. The Balaban J connectivity index is 2.67. The third-order valence-electron chi connectivity index (χ3n) is 1.80. The van der Waals surface area contributed by atoms with Crippen molar-refractivity contribution in [1.29, 1.82) is 5.26 Å². The number of urea groups is 1. The number of nitrogens with one attached hydrogen (secondary N) is 2. The summed E-state index contributed by atoms with van der Waals surface area (Å²) in [5.41, 5.74) is 5.10. The fourth-order valence-corrected chi connectivity index (χ4v) is 1.12. The third kappa shape index (κ3) is 3.79. The molecule has 7 heteroatoms. The van der Waals surface area contributed by atoms with Gasteiger partial charge in [-0.2, -0.15) is 5.26 Å². The molecule has 0 atom stereocenters. The van der Waals surface area contributed by atoms with Gasteiger partial charge in [0.05, 0.1) is 17.8 Å². The third-order valence-corrected chi connectivity index (χ3v) is 1.80. The number of nitrogens with two attached hydrogens (primary N) is 1. The summed E-state index contributed by atoms with van der Waals surface area (Å²) in [5, 5.41) is 13.2. The molecule has 88 valence electrons. The highest BCUT2D eigenvalue weighted by atomic mass is 19.1. The summed E-state index contributed by atoms with van der Waals surface area (Å²) in [6.45, 7) is -0.247. The summed E-state index contributed by atoms with van der Waals surface area (Å²) in [6, 6.07) is 4.32. The number of anilines is 1. The smallest absolute Gasteiger partial charge is 0.318 e. The number of amides is 3. The fraction of sp³-hybridized carbons (Fsp3) is 0.100. The maximum absolute atomic E-state index is 12.8. The SMILES string of the molecule is N#Cc1cc(F)ccc1NCC(=O)NC(N)=O. The molecule has 0 saturated heterocycles. The number of nitriles is 1. The normalized spacial score (nSPS) is 9.18. The average Bonchev–Trinajstić information content (AvgIpc) is 2.26. The molecule has 0 saturated carbocycles. The molecular formula is C10H9FN4O2. The Labute approximate surface area is 96.2 Å². The Morgan fingerprint density at radius 1 is 1.47 bits per heavy atom. The van der Waals surface area contributed by atoms with Crippen molar-refractivity contribution in [2.24, 2.45) is 5.73 Å². The molecule has 0 aliphatic rings. The Morgan fingerprint density at radius 3 is 2.76 bits per heavy atom. The number of carbonyl (C=O) groups is 2. The van der Waals surface area contributed by atoms with Crippen molar-refractivity contribution >= 4 is 17.6 Å². The van der Waals surface area contributed by atoms with Crippen LogP contribution in [0.3, 0.4) is 0 Å². The molecule has 3 amide bonds. The maximum Gasteiger partial charge on any atom is 0.318 e. The van der Waals surface area contributed by atoms with Gasteiger partial charge in [0.15, 0.2) is 0 Å². The van der Waals surface area contributed by atoms with E-state index in [1.807, 2.05) is 5.32 Å². The van der Waals surface area contributed by atoms with E-state index in [9.17, 15) is 14.0 Å². The van der Waals surface area contributed by atoms with Crippen LogP contribution >= 0.6 is 0 Å². The molecule has 0 aliphatic heterocycles. The van der Waals surface area contributed by atoms with Crippen LogP contribution in [0.1, 0.15) is 5.56 Å². The highest BCUT2D eigenvalue weighted by Crippen LogP contribution is 2.15. The molecule has 1 rings (SSSR count). The van der Waals surface area contributed by atoms with Crippen molar-refractivity contribution in [2.45, 2.75) is 0 Å².